The molecule has 0 bridgehead atoms. The minimum atomic E-state index is -1.26. The summed E-state index contributed by atoms with van der Waals surface area (Å²) in [4.78, 5) is 16.7. The second-order valence-electron chi connectivity index (χ2n) is 12.7. The third-order valence-corrected chi connectivity index (χ3v) is 9.70. The molecule has 3 aliphatic heterocycles. The summed E-state index contributed by atoms with van der Waals surface area (Å²) in [5, 5.41) is 0.335. The van der Waals surface area contributed by atoms with Gasteiger partial charge in [0.2, 0.25) is 0 Å². The zero-order valence-electron chi connectivity index (χ0n) is 25.9. The van der Waals surface area contributed by atoms with Crippen LogP contribution in [-0.4, -0.2) is 50.2 Å². The summed E-state index contributed by atoms with van der Waals surface area (Å²) in [7, 11) is 0. The van der Waals surface area contributed by atoms with Crippen LogP contribution in [0.5, 0.6) is 11.5 Å². The monoisotopic (exact) mass is 639 g/mol. The molecule has 0 aliphatic carbocycles. The number of likely N-dealkylation sites (tertiary alicyclic amines) is 1. The van der Waals surface area contributed by atoms with Gasteiger partial charge >= 0.3 is 0 Å². The molecule has 0 N–H and O–H groups in total. The summed E-state index contributed by atoms with van der Waals surface area (Å²) >= 11 is 6.00. The van der Waals surface area contributed by atoms with Gasteiger partial charge in [-0.25, -0.2) is 19.3 Å². The lowest BCUT2D eigenvalue weighted by Gasteiger charge is -2.33. The highest BCUT2D eigenvalue weighted by molar-refractivity contribution is 6.30. The highest BCUT2D eigenvalue weighted by atomic mass is 35.5. The van der Waals surface area contributed by atoms with E-state index in [4.69, 9.17) is 30.8 Å². The molecule has 8 nitrogen and oxygen atoms in total. The molecule has 3 aromatic carbocycles. The van der Waals surface area contributed by atoms with E-state index in [0.29, 0.717) is 33.8 Å². The molecule has 0 amide bonds. The Kier molecular flexibility index (Phi) is 7.43. The van der Waals surface area contributed by atoms with Gasteiger partial charge in [0, 0.05) is 42.1 Å². The average Bonchev–Trinajstić information content (AvgIpc) is 3.55. The number of ether oxygens (including phenoxy) is 3. The molecule has 236 valence electrons. The smallest absolute Gasteiger partial charge is 0.278 e. The number of aromatic nitrogens is 4. The molecule has 2 saturated heterocycles. The van der Waals surface area contributed by atoms with Crippen LogP contribution in [0.4, 0.5) is 4.39 Å². The van der Waals surface area contributed by atoms with Crippen LogP contribution in [0.15, 0.2) is 67.0 Å². The van der Waals surface area contributed by atoms with Gasteiger partial charge < -0.3 is 18.8 Å². The van der Waals surface area contributed by atoms with Crippen molar-refractivity contribution in [3.63, 3.8) is 0 Å². The fourth-order valence-electron chi connectivity index (χ4n) is 6.86. The molecule has 0 radical (unpaired) electrons. The number of benzene rings is 3. The van der Waals surface area contributed by atoms with Crippen molar-refractivity contribution in [1.29, 1.82) is 0 Å². The molecule has 5 aromatic rings. The molecular formula is C36H35ClFN5O3. The minimum Gasteiger partial charge on any atom is -0.444 e. The number of hydrogen-bond acceptors (Lipinski definition) is 7. The van der Waals surface area contributed by atoms with Crippen LogP contribution in [0, 0.1) is 12.7 Å². The van der Waals surface area contributed by atoms with E-state index < -0.39 is 11.6 Å². The zero-order valence-corrected chi connectivity index (χ0v) is 26.6. The van der Waals surface area contributed by atoms with E-state index in [1.807, 2.05) is 31.5 Å². The number of piperidine rings is 1. The minimum absolute atomic E-state index is 0.219. The van der Waals surface area contributed by atoms with Crippen LogP contribution in [0.25, 0.3) is 22.4 Å². The van der Waals surface area contributed by atoms with Gasteiger partial charge in [0.05, 0.1) is 35.8 Å². The molecular weight excluding hydrogens is 605 g/mol. The van der Waals surface area contributed by atoms with Gasteiger partial charge in [0.25, 0.3) is 5.79 Å². The summed E-state index contributed by atoms with van der Waals surface area (Å²) in [6.45, 7) is 7.95. The lowest BCUT2D eigenvalue weighted by Crippen LogP contribution is -2.35. The number of halogens is 2. The van der Waals surface area contributed by atoms with Crippen molar-refractivity contribution in [3.05, 3.63) is 100 Å². The quantitative estimate of drug-likeness (QED) is 0.184. The average molecular weight is 640 g/mol. The maximum absolute atomic E-state index is 14.9. The van der Waals surface area contributed by atoms with Crippen molar-refractivity contribution < 1.29 is 18.6 Å². The summed E-state index contributed by atoms with van der Waals surface area (Å²) in [5.74, 6) is 1.67. The summed E-state index contributed by atoms with van der Waals surface area (Å²) in [6.07, 6.45) is 6.90. The summed E-state index contributed by atoms with van der Waals surface area (Å²) < 4.78 is 35.7. The molecule has 0 spiro atoms. The number of hydrogen-bond donors (Lipinski definition) is 0. The van der Waals surface area contributed by atoms with Crippen LogP contribution in [0.2, 0.25) is 5.02 Å². The van der Waals surface area contributed by atoms with Gasteiger partial charge in [-0.2, -0.15) is 0 Å². The number of nitrogens with zero attached hydrogens (tertiary/aromatic N) is 5. The van der Waals surface area contributed by atoms with Gasteiger partial charge in [-0.05, 0) is 93.2 Å². The van der Waals surface area contributed by atoms with E-state index in [1.54, 1.807) is 19.1 Å². The van der Waals surface area contributed by atoms with Gasteiger partial charge in [0.1, 0.15) is 11.6 Å². The van der Waals surface area contributed by atoms with Crippen LogP contribution in [0.1, 0.15) is 54.6 Å². The van der Waals surface area contributed by atoms with Gasteiger partial charge in [0.15, 0.2) is 17.3 Å². The van der Waals surface area contributed by atoms with Crippen molar-refractivity contribution >= 4 is 22.6 Å². The molecule has 2 atom stereocenters. The first-order valence-corrected chi connectivity index (χ1v) is 16.3. The van der Waals surface area contributed by atoms with Gasteiger partial charge in [-0.15, -0.1) is 0 Å². The van der Waals surface area contributed by atoms with Crippen molar-refractivity contribution in [3.8, 4) is 22.9 Å². The molecule has 2 fully saturated rings. The van der Waals surface area contributed by atoms with E-state index >= 15 is 0 Å². The largest absolute Gasteiger partial charge is 0.444 e. The van der Waals surface area contributed by atoms with E-state index in [0.717, 1.165) is 85.6 Å². The fourth-order valence-corrected chi connectivity index (χ4v) is 7.01. The van der Waals surface area contributed by atoms with Crippen molar-refractivity contribution in [2.75, 3.05) is 19.7 Å². The van der Waals surface area contributed by atoms with E-state index in [-0.39, 0.29) is 6.10 Å². The lowest BCUT2D eigenvalue weighted by molar-refractivity contribution is -0.0712. The summed E-state index contributed by atoms with van der Waals surface area (Å²) in [5.41, 5.74) is 5.47. The fraction of sp³-hybridized carbons (Fsp3) is 0.361. The highest BCUT2D eigenvalue weighted by Gasteiger charge is 2.43. The molecule has 2 aromatic heterocycles. The molecule has 0 saturated carbocycles. The number of aryl methyl sites for hydroxylation is 1. The number of rotatable bonds is 7. The maximum Gasteiger partial charge on any atom is 0.278 e. The first-order chi connectivity index (χ1) is 22.3. The van der Waals surface area contributed by atoms with Gasteiger partial charge in [-0.1, -0.05) is 23.7 Å². The summed E-state index contributed by atoms with van der Waals surface area (Å²) in [6, 6.07) is 16.9. The first kappa shape index (κ1) is 29.4. The Hall–Kier alpha value is -4.05. The van der Waals surface area contributed by atoms with Crippen molar-refractivity contribution in [2.45, 2.75) is 64.0 Å². The third-order valence-electron chi connectivity index (χ3n) is 9.47. The molecule has 5 heterocycles. The van der Waals surface area contributed by atoms with Crippen LogP contribution in [0.3, 0.4) is 0 Å². The van der Waals surface area contributed by atoms with E-state index in [9.17, 15) is 4.39 Å². The molecule has 2 unspecified atom stereocenters. The Morgan fingerprint density at radius 1 is 1.00 bits per heavy atom. The number of para-hydroxylation sites is 1. The molecule has 8 rings (SSSR count). The number of fused-ring (bicyclic) bond motifs is 2. The normalized spacial score (nSPS) is 21.5. The predicted octanol–water partition coefficient (Wildman–Crippen LogP) is 7.41. The Balaban J connectivity index is 1.000. The van der Waals surface area contributed by atoms with Crippen LogP contribution >= 0.6 is 11.6 Å². The Morgan fingerprint density at radius 3 is 2.54 bits per heavy atom. The lowest BCUT2D eigenvalue weighted by atomic mass is 9.88. The highest BCUT2D eigenvalue weighted by Crippen LogP contribution is 2.50. The van der Waals surface area contributed by atoms with Crippen molar-refractivity contribution in [2.24, 2.45) is 0 Å². The molecule has 3 aliphatic rings. The Bertz CT molecular complexity index is 1920. The zero-order chi connectivity index (χ0) is 31.4. The SMILES string of the molecule is Cc1cnc(-c2ccc3c(c2)nc(CN2CCC(c4cccc5c4OC(C)(c4ccc(Cl)cc4F)O5)CC2)n3CC2CCO2)nc1. The second kappa shape index (κ2) is 11.6. The second-order valence-corrected chi connectivity index (χ2v) is 13.1. The number of imidazole rings is 1. The Morgan fingerprint density at radius 2 is 1.80 bits per heavy atom. The van der Waals surface area contributed by atoms with Gasteiger partial charge in [-0.3, -0.25) is 4.90 Å². The predicted molar refractivity (Wildman–Crippen MR) is 174 cm³/mol. The van der Waals surface area contributed by atoms with Crippen molar-refractivity contribution in [1.82, 2.24) is 24.4 Å². The molecule has 10 heteroatoms. The van der Waals surface area contributed by atoms with E-state index in [2.05, 4.69) is 43.7 Å². The van der Waals surface area contributed by atoms with Crippen LogP contribution in [-0.2, 0) is 23.6 Å². The molecule has 46 heavy (non-hydrogen) atoms. The Labute approximate surface area is 272 Å². The standard InChI is InChI=1S/C36H35ClFN5O3/c1-22-18-39-35(40-19-22)24-6-9-31-30(16-24)41-33(43(31)20-26-12-15-44-26)21-42-13-10-23(11-14-42)27-4-3-5-32-34(27)46-36(2,45-32)28-8-7-25(37)17-29(28)38/h3-9,16-19,23,26H,10-15,20-21H2,1-2H3. The maximum atomic E-state index is 14.9. The van der Waals surface area contributed by atoms with E-state index in [1.165, 1.54) is 6.07 Å². The topological polar surface area (TPSA) is 74.5 Å². The third kappa shape index (κ3) is 5.40. The van der Waals surface area contributed by atoms with Crippen LogP contribution < -0.4 is 9.47 Å². The first-order valence-electron chi connectivity index (χ1n) is 15.9.